The standard InChI is InChI=1S/C18H20BrN3O3/c1-18(25)7-12(8-18)20-15(23)9-22-17(24)13-5-4-11(19)6-14(13)16(21-22)10-2-3-10/h4-6,10,12,25H,2-3,7-9H2,1H3,(H,20,23). The maximum absolute atomic E-state index is 12.7. The molecular weight excluding hydrogens is 386 g/mol. The van der Waals surface area contributed by atoms with Gasteiger partial charge in [-0.25, -0.2) is 4.68 Å². The molecule has 0 saturated heterocycles. The van der Waals surface area contributed by atoms with E-state index in [-0.39, 0.29) is 24.1 Å². The third-order valence-electron chi connectivity index (χ3n) is 4.95. The lowest BCUT2D eigenvalue weighted by Gasteiger charge is -2.41. The van der Waals surface area contributed by atoms with Gasteiger partial charge >= 0.3 is 0 Å². The monoisotopic (exact) mass is 405 g/mol. The molecule has 1 aromatic heterocycles. The molecule has 2 aliphatic carbocycles. The van der Waals surface area contributed by atoms with E-state index in [9.17, 15) is 14.7 Å². The van der Waals surface area contributed by atoms with Crippen LogP contribution in [0.5, 0.6) is 0 Å². The van der Waals surface area contributed by atoms with E-state index >= 15 is 0 Å². The van der Waals surface area contributed by atoms with E-state index in [0.717, 1.165) is 28.4 Å². The van der Waals surface area contributed by atoms with Crippen molar-refractivity contribution in [2.75, 3.05) is 0 Å². The SMILES string of the molecule is CC1(O)CC(NC(=O)Cn2nc(C3CC3)c3cc(Br)ccc3c2=O)C1. The molecule has 4 rings (SSSR count). The van der Waals surface area contributed by atoms with Crippen LogP contribution in [-0.2, 0) is 11.3 Å². The van der Waals surface area contributed by atoms with Crippen molar-refractivity contribution >= 4 is 32.6 Å². The van der Waals surface area contributed by atoms with Gasteiger partial charge < -0.3 is 10.4 Å². The summed E-state index contributed by atoms with van der Waals surface area (Å²) in [6, 6.07) is 5.52. The summed E-state index contributed by atoms with van der Waals surface area (Å²) in [5, 5.41) is 18.6. The zero-order chi connectivity index (χ0) is 17.8. The van der Waals surface area contributed by atoms with Gasteiger partial charge in [0.1, 0.15) is 6.54 Å². The van der Waals surface area contributed by atoms with Crippen LogP contribution in [0.2, 0.25) is 0 Å². The summed E-state index contributed by atoms with van der Waals surface area (Å²) in [6.45, 7) is 1.66. The zero-order valence-corrected chi connectivity index (χ0v) is 15.5. The predicted molar refractivity (Wildman–Crippen MR) is 97.5 cm³/mol. The molecule has 0 bridgehead atoms. The largest absolute Gasteiger partial charge is 0.390 e. The van der Waals surface area contributed by atoms with E-state index < -0.39 is 5.60 Å². The number of halogens is 1. The highest BCUT2D eigenvalue weighted by atomic mass is 79.9. The highest BCUT2D eigenvalue weighted by Crippen LogP contribution is 2.41. The van der Waals surface area contributed by atoms with E-state index in [0.29, 0.717) is 24.1 Å². The van der Waals surface area contributed by atoms with Gasteiger partial charge in [-0.1, -0.05) is 15.9 Å². The first-order valence-corrected chi connectivity index (χ1v) is 9.34. The number of rotatable bonds is 4. The molecule has 7 heteroatoms. The predicted octanol–water partition coefficient (Wildman–Crippen LogP) is 2.07. The Morgan fingerprint density at radius 2 is 2.12 bits per heavy atom. The third-order valence-corrected chi connectivity index (χ3v) is 5.44. The lowest BCUT2D eigenvalue weighted by molar-refractivity contribution is -0.125. The van der Waals surface area contributed by atoms with Crippen LogP contribution in [-0.4, -0.2) is 32.4 Å². The molecule has 25 heavy (non-hydrogen) atoms. The first-order valence-electron chi connectivity index (χ1n) is 8.54. The van der Waals surface area contributed by atoms with E-state index in [1.165, 1.54) is 4.68 Å². The molecule has 1 amide bonds. The van der Waals surface area contributed by atoms with Gasteiger partial charge in [0.15, 0.2) is 0 Å². The number of hydrogen-bond acceptors (Lipinski definition) is 4. The number of benzene rings is 1. The maximum Gasteiger partial charge on any atom is 0.275 e. The molecule has 0 radical (unpaired) electrons. The van der Waals surface area contributed by atoms with Gasteiger partial charge in [-0.3, -0.25) is 9.59 Å². The van der Waals surface area contributed by atoms with E-state index in [2.05, 4.69) is 26.3 Å². The summed E-state index contributed by atoms with van der Waals surface area (Å²) in [6.07, 6.45) is 3.21. The Balaban J connectivity index is 1.61. The van der Waals surface area contributed by atoms with Crippen molar-refractivity contribution in [2.45, 2.75) is 56.7 Å². The number of nitrogens with zero attached hydrogens (tertiary/aromatic N) is 2. The number of carbonyl (C=O) groups excluding carboxylic acids is 1. The molecule has 0 unspecified atom stereocenters. The van der Waals surface area contributed by atoms with Crippen molar-refractivity contribution < 1.29 is 9.90 Å². The molecule has 6 nitrogen and oxygen atoms in total. The maximum atomic E-state index is 12.7. The summed E-state index contributed by atoms with van der Waals surface area (Å²) in [4.78, 5) is 25.0. The van der Waals surface area contributed by atoms with Crippen LogP contribution in [0.25, 0.3) is 10.8 Å². The number of amides is 1. The van der Waals surface area contributed by atoms with Crippen LogP contribution in [0.3, 0.4) is 0 Å². The fraction of sp³-hybridized carbons (Fsp3) is 0.500. The number of fused-ring (bicyclic) bond motifs is 1. The van der Waals surface area contributed by atoms with E-state index in [4.69, 9.17) is 0 Å². The Kier molecular flexibility index (Phi) is 3.96. The van der Waals surface area contributed by atoms with Crippen molar-refractivity contribution in [1.82, 2.24) is 15.1 Å². The van der Waals surface area contributed by atoms with Crippen LogP contribution < -0.4 is 10.9 Å². The van der Waals surface area contributed by atoms with Crippen LogP contribution in [0.15, 0.2) is 27.5 Å². The van der Waals surface area contributed by atoms with Crippen LogP contribution in [0.1, 0.15) is 44.2 Å². The first kappa shape index (κ1) is 16.7. The molecule has 2 fully saturated rings. The third kappa shape index (κ3) is 3.35. The van der Waals surface area contributed by atoms with Gasteiger partial charge in [-0.2, -0.15) is 5.10 Å². The van der Waals surface area contributed by atoms with E-state index in [1.807, 2.05) is 12.1 Å². The van der Waals surface area contributed by atoms with Gasteiger partial charge in [-0.15, -0.1) is 0 Å². The smallest absolute Gasteiger partial charge is 0.275 e. The Bertz CT molecular complexity index is 910. The molecule has 0 atom stereocenters. The van der Waals surface area contributed by atoms with Gasteiger partial charge in [0, 0.05) is 21.8 Å². The van der Waals surface area contributed by atoms with Crippen LogP contribution >= 0.6 is 15.9 Å². The topological polar surface area (TPSA) is 84.2 Å². The molecule has 1 heterocycles. The lowest BCUT2D eigenvalue weighted by Crippen LogP contribution is -2.54. The molecule has 2 aromatic rings. The van der Waals surface area contributed by atoms with Gasteiger partial charge in [0.05, 0.1) is 16.7 Å². The quantitative estimate of drug-likeness (QED) is 0.815. The summed E-state index contributed by atoms with van der Waals surface area (Å²) in [7, 11) is 0. The van der Waals surface area contributed by atoms with Gasteiger partial charge in [0.2, 0.25) is 5.91 Å². The van der Waals surface area contributed by atoms with Crippen molar-refractivity contribution in [3.8, 4) is 0 Å². The minimum Gasteiger partial charge on any atom is -0.390 e. The molecule has 132 valence electrons. The van der Waals surface area contributed by atoms with Gasteiger partial charge in [0.25, 0.3) is 5.56 Å². The number of carbonyl (C=O) groups is 1. The molecule has 0 spiro atoms. The summed E-state index contributed by atoms with van der Waals surface area (Å²) in [5.41, 5.74) is -0.0411. The summed E-state index contributed by atoms with van der Waals surface area (Å²) >= 11 is 3.45. The minimum atomic E-state index is -0.692. The normalized spacial score (nSPS) is 25.6. The lowest BCUT2D eigenvalue weighted by atomic mass is 9.77. The highest BCUT2D eigenvalue weighted by Gasteiger charge is 2.39. The Hall–Kier alpha value is -1.73. The van der Waals surface area contributed by atoms with Crippen LogP contribution in [0.4, 0.5) is 0 Å². The Labute approximate surface area is 153 Å². The number of aromatic nitrogens is 2. The molecule has 2 saturated carbocycles. The second kappa shape index (κ2) is 5.92. The summed E-state index contributed by atoms with van der Waals surface area (Å²) in [5.74, 6) is 0.127. The molecule has 1 aromatic carbocycles. The number of hydrogen-bond donors (Lipinski definition) is 2. The fourth-order valence-corrected chi connectivity index (χ4v) is 3.92. The molecular formula is C18H20BrN3O3. The van der Waals surface area contributed by atoms with Crippen LogP contribution in [0, 0.1) is 0 Å². The average Bonchev–Trinajstić information content (AvgIpc) is 3.32. The van der Waals surface area contributed by atoms with Crippen molar-refractivity contribution in [3.05, 3.63) is 38.7 Å². The highest BCUT2D eigenvalue weighted by molar-refractivity contribution is 9.10. The van der Waals surface area contributed by atoms with Gasteiger partial charge in [-0.05, 0) is 50.8 Å². The Morgan fingerprint density at radius 1 is 1.40 bits per heavy atom. The van der Waals surface area contributed by atoms with Crippen molar-refractivity contribution in [1.29, 1.82) is 0 Å². The molecule has 0 aliphatic heterocycles. The summed E-state index contributed by atoms with van der Waals surface area (Å²) < 4.78 is 2.19. The second-order valence-electron chi connectivity index (χ2n) is 7.48. The average molecular weight is 406 g/mol. The second-order valence-corrected chi connectivity index (χ2v) is 8.40. The van der Waals surface area contributed by atoms with Crippen molar-refractivity contribution in [3.63, 3.8) is 0 Å². The number of aliphatic hydroxyl groups is 1. The molecule has 2 N–H and O–H groups in total. The zero-order valence-electron chi connectivity index (χ0n) is 14.0. The van der Waals surface area contributed by atoms with Crippen molar-refractivity contribution in [2.24, 2.45) is 0 Å². The minimum absolute atomic E-state index is 0.0301. The first-order chi connectivity index (χ1) is 11.8. The fourth-order valence-electron chi connectivity index (χ4n) is 3.56. The molecule has 2 aliphatic rings. The number of nitrogens with one attached hydrogen (secondary N) is 1. The van der Waals surface area contributed by atoms with E-state index in [1.54, 1.807) is 13.0 Å². The Morgan fingerprint density at radius 3 is 2.76 bits per heavy atom.